The van der Waals surface area contributed by atoms with Gasteiger partial charge in [-0.1, -0.05) is 184 Å². The maximum absolute atomic E-state index is 5.64. The molecule has 6 heteroatoms. The lowest BCUT2D eigenvalue weighted by atomic mass is 9.95. The van der Waals surface area contributed by atoms with Crippen molar-refractivity contribution in [1.82, 2.24) is 9.97 Å². The summed E-state index contributed by atoms with van der Waals surface area (Å²) in [4.78, 5) is 13.1. The molecule has 0 atom stereocenters. The fourth-order valence-electron chi connectivity index (χ4n) is 7.78. The van der Waals surface area contributed by atoms with Crippen molar-refractivity contribution in [1.29, 1.82) is 0 Å². The number of para-hydroxylation sites is 2. The highest BCUT2D eigenvalue weighted by molar-refractivity contribution is 5.96. The van der Waals surface area contributed by atoms with E-state index in [1.54, 1.807) is 0 Å². The quantitative estimate of drug-likeness (QED) is 0.151. The van der Waals surface area contributed by atoms with E-state index in [-0.39, 0.29) is 0 Å². The van der Waals surface area contributed by atoms with E-state index in [1.165, 1.54) is 55.4 Å². The van der Waals surface area contributed by atoms with Gasteiger partial charge in [-0.15, -0.1) is 0 Å². The largest absolute Gasteiger partial charge is 0.490 e. The Labute approximate surface area is 409 Å². The van der Waals surface area contributed by atoms with E-state index in [4.69, 9.17) is 9.47 Å². The Bertz CT molecular complexity index is 2660. The van der Waals surface area contributed by atoms with Crippen LogP contribution in [-0.2, 0) is 0 Å². The van der Waals surface area contributed by atoms with Crippen molar-refractivity contribution in [3.63, 3.8) is 0 Å². The van der Waals surface area contributed by atoms with Crippen LogP contribution in [0, 0.1) is 0 Å². The molecule has 0 saturated carbocycles. The summed E-state index contributed by atoms with van der Waals surface area (Å²) in [6.45, 7) is 23.8. The zero-order valence-electron chi connectivity index (χ0n) is 43.1. The van der Waals surface area contributed by atoms with Gasteiger partial charge in [-0.3, -0.25) is 4.98 Å². The number of fused-ring (bicyclic) bond motifs is 3. The van der Waals surface area contributed by atoms with Gasteiger partial charge in [0, 0.05) is 56.1 Å². The van der Waals surface area contributed by atoms with Gasteiger partial charge in [0.25, 0.3) is 0 Å². The third-order valence-electron chi connectivity index (χ3n) is 11.9. The Hall–Kier alpha value is -6.66. The van der Waals surface area contributed by atoms with Crippen molar-refractivity contribution < 1.29 is 9.47 Å². The van der Waals surface area contributed by atoms with E-state index in [0.29, 0.717) is 35.5 Å². The zero-order valence-corrected chi connectivity index (χ0v) is 43.1. The first-order chi connectivity index (χ1) is 32.6. The summed E-state index contributed by atoms with van der Waals surface area (Å²) < 4.78 is 11.2. The van der Waals surface area contributed by atoms with Crippen LogP contribution in [0.15, 0.2) is 170 Å². The van der Waals surface area contributed by atoms with Crippen LogP contribution in [0.3, 0.4) is 0 Å². The molecule has 68 heavy (non-hydrogen) atoms. The minimum absolute atomic E-state index is 0.498. The number of rotatable bonds is 8. The van der Waals surface area contributed by atoms with Crippen LogP contribution in [0.2, 0.25) is 0 Å². The van der Waals surface area contributed by atoms with Crippen molar-refractivity contribution in [2.45, 2.75) is 98.8 Å². The summed E-state index contributed by atoms with van der Waals surface area (Å²) in [5.74, 6) is 5.31. The van der Waals surface area contributed by atoms with E-state index in [0.717, 1.165) is 30.2 Å². The van der Waals surface area contributed by atoms with Crippen LogP contribution >= 0.6 is 0 Å². The van der Waals surface area contributed by atoms with Gasteiger partial charge in [0.2, 0.25) is 5.88 Å². The molecular weight excluding hydrogens is 833 g/mol. The normalized spacial score (nSPS) is 11.6. The summed E-state index contributed by atoms with van der Waals surface area (Å²) in [6.07, 6.45) is 3.72. The predicted molar refractivity (Wildman–Crippen MR) is 293 cm³/mol. The van der Waals surface area contributed by atoms with Gasteiger partial charge in [-0.25, -0.2) is 4.98 Å². The van der Waals surface area contributed by atoms with E-state index in [1.807, 2.05) is 60.9 Å². The Morgan fingerprint density at radius 3 is 1.72 bits per heavy atom. The Morgan fingerprint density at radius 2 is 1.12 bits per heavy atom. The van der Waals surface area contributed by atoms with Gasteiger partial charge in [-0.2, -0.15) is 0 Å². The number of pyridine rings is 2. The highest BCUT2D eigenvalue weighted by Gasteiger charge is 2.15. The number of aromatic nitrogens is 2. The maximum atomic E-state index is 5.64. The molecule has 0 N–H and O–H groups in total. The van der Waals surface area contributed by atoms with Gasteiger partial charge in [0.05, 0.1) is 17.7 Å². The van der Waals surface area contributed by atoms with Crippen molar-refractivity contribution in [3.8, 4) is 17.4 Å². The smallest absolute Gasteiger partial charge is 0.219 e. The lowest BCUT2D eigenvalue weighted by Crippen LogP contribution is -2.28. The van der Waals surface area contributed by atoms with Gasteiger partial charge < -0.3 is 19.3 Å². The molecule has 3 heterocycles. The number of likely N-dealkylation sites (N-methyl/N-ethyl adjacent to an activating group) is 1. The average molecular weight is 909 g/mol. The fraction of sp³-hybridized carbons (Fsp3) is 0.323. The molecule has 0 saturated heterocycles. The second-order valence-electron chi connectivity index (χ2n) is 19.1. The molecule has 0 amide bonds. The summed E-state index contributed by atoms with van der Waals surface area (Å²) in [7, 11) is 6.30. The molecule has 6 aromatic carbocycles. The average Bonchev–Trinajstić information content (AvgIpc) is 3.35. The molecule has 356 valence electrons. The van der Waals surface area contributed by atoms with Crippen molar-refractivity contribution >= 4 is 33.1 Å². The second-order valence-corrected chi connectivity index (χ2v) is 19.1. The number of benzene rings is 6. The summed E-state index contributed by atoms with van der Waals surface area (Å²) in [5.41, 5.74) is 10.4. The number of ether oxygens (including phenoxy) is 2. The van der Waals surface area contributed by atoms with Crippen LogP contribution < -0.4 is 19.3 Å². The molecule has 0 spiro atoms. The monoisotopic (exact) mass is 909 g/mol. The zero-order chi connectivity index (χ0) is 49.2. The summed E-state index contributed by atoms with van der Waals surface area (Å²) in [5, 5.41) is 3.95. The van der Waals surface area contributed by atoms with Gasteiger partial charge in [-0.05, 0) is 99.2 Å². The molecule has 9 rings (SSSR count). The summed E-state index contributed by atoms with van der Waals surface area (Å²) in [6, 6.07) is 54.2. The predicted octanol–water partition coefficient (Wildman–Crippen LogP) is 16.8. The summed E-state index contributed by atoms with van der Waals surface area (Å²) >= 11 is 0. The Morgan fingerprint density at radius 1 is 0.529 bits per heavy atom. The van der Waals surface area contributed by atoms with Crippen LogP contribution in [-0.4, -0.2) is 44.3 Å². The van der Waals surface area contributed by atoms with E-state index in [2.05, 4.69) is 219 Å². The Balaban J connectivity index is 0.000000161. The number of nitrogens with zero attached hydrogens (tertiary/aromatic N) is 4. The maximum Gasteiger partial charge on any atom is 0.219 e. The molecule has 0 radical (unpaired) electrons. The molecule has 0 bridgehead atoms. The molecule has 1 aliphatic heterocycles. The molecule has 6 nitrogen and oxygen atoms in total. The molecule has 1 aliphatic rings. The standard InChI is InChI=1S/C15H19N.C14H15NO.C12H17NO.C12H13N.C9H12/c1-11(2)12-7-5-9-14-13(12)8-6-10-15(14)16(3)4;1-11(2)12-8-9-14(15-10-12)16-13-6-4-3-5-7-13;1-9(2)10-4-5-11-12(8-10)14-7-6-13(11)3;1-9(2)11-7-3-5-10-6-4-8-13-12(10)11;1-8(2)9-6-4-3-5-7-9/h5-11H,1-4H3;3-11H,1-2H3;4-5,8-9H,6-7H2,1-3H3;3-9H,1-2H3;3-8H,1-2H3. The van der Waals surface area contributed by atoms with Crippen LogP contribution in [0.5, 0.6) is 17.4 Å². The number of hydrogen-bond donors (Lipinski definition) is 0. The molecule has 2 aromatic heterocycles. The first-order valence-electron chi connectivity index (χ1n) is 24.4. The molecule has 0 fully saturated rings. The fourth-order valence-corrected chi connectivity index (χ4v) is 7.78. The van der Waals surface area contributed by atoms with Crippen LogP contribution in [0.4, 0.5) is 11.4 Å². The van der Waals surface area contributed by atoms with Crippen molar-refractivity contribution in [2.24, 2.45) is 0 Å². The lowest BCUT2D eigenvalue weighted by molar-refractivity contribution is 0.311. The molecular formula is C62H76N4O2. The first kappa shape index (κ1) is 52.3. The van der Waals surface area contributed by atoms with Crippen LogP contribution in [0.25, 0.3) is 21.7 Å². The van der Waals surface area contributed by atoms with Crippen LogP contribution in [0.1, 0.15) is 127 Å². The minimum atomic E-state index is 0.498. The Kier molecular flexibility index (Phi) is 20.0. The minimum Gasteiger partial charge on any atom is -0.490 e. The van der Waals surface area contributed by atoms with Gasteiger partial charge in [0.1, 0.15) is 18.1 Å². The third kappa shape index (κ3) is 15.2. The highest BCUT2D eigenvalue weighted by atomic mass is 16.5. The molecule has 0 unspecified atom stereocenters. The molecule has 0 aliphatic carbocycles. The van der Waals surface area contributed by atoms with Gasteiger partial charge >= 0.3 is 0 Å². The number of hydrogen-bond acceptors (Lipinski definition) is 6. The second kappa shape index (κ2) is 26.0. The SMILES string of the molecule is CC(C)c1ccc(Oc2ccccc2)nc1.CC(C)c1ccc2c(c1)OCCN2C.CC(C)c1cccc2c(N(C)C)cccc12.CC(C)c1cccc2cccnc12.CC(C)c1ccccc1. The van der Waals surface area contributed by atoms with Gasteiger partial charge in [0.15, 0.2) is 0 Å². The highest BCUT2D eigenvalue weighted by Crippen LogP contribution is 2.34. The van der Waals surface area contributed by atoms with Crippen molar-refractivity contribution in [2.75, 3.05) is 44.1 Å². The van der Waals surface area contributed by atoms with E-state index < -0.39 is 0 Å². The number of anilines is 2. The topological polar surface area (TPSA) is 50.7 Å². The first-order valence-corrected chi connectivity index (χ1v) is 24.4. The lowest BCUT2D eigenvalue weighted by Gasteiger charge is -2.28. The third-order valence-corrected chi connectivity index (χ3v) is 11.9. The molecule has 8 aromatic rings. The van der Waals surface area contributed by atoms with Crippen molar-refractivity contribution in [3.05, 3.63) is 198 Å². The van der Waals surface area contributed by atoms with E-state index in [9.17, 15) is 0 Å². The van der Waals surface area contributed by atoms with E-state index >= 15 is 0 Å².